The van der Waals surface area contributed by atoms with E-state index >= 15 is 0 Å². The predicted octanol–water partition coefficient (Wildman–Crippen LogP) is 4.45. The van der Waals surface area contributed by atoms with Gasteiger partial charge < -0.3 is 4.74 Å². The second kappa shape index (κ2) is 5.44. The maximum Gasteiger partial charge on any atom is 0.333 e. The Bertz CT molecular complexity index is 619. The summed E-state index contributed by atoms with van der Waals surface area (Å²) in [5, 5.41) is 0. The first-order chi connectivity index (χ1) is 11.4. The molecule has 0 aromatic carbocycles. The normalized spacial score (nSPS) is 44.6. The van der Waals surface area contributed by atoms with Gasteiger partial charge in [0.1, 0.15) is 5.78 Å². The molecule has 0 saturated heterocycles. The van der Waals surface area contributed by atoms with Gasteiger partial charge in [0.25, 0.3) is 0 Å². The van der Waals surface area contributed by atoms with Crippen LogP contribution in [0.15, 0.2) is 11.1 Å². The van der Waals surface area contributed by atoms with Gasteiger partial charge in [-0.15, -0.1) is 0 Å². The molecule has 0 bridgehead atoms. The minimum absolute atomic E-state index is 0.117. The number of Topliss-reactive ketones (excluding diaryl/α,β-unsaturated/α-hetero) is 1. The second-order valence-electron chi connectivity index (χ2n) is 9.07. The van der Waals surface area contributed by atoms with Crippen LogP contribution in [0.4, 0.5) is 0 Å². The topological polar surface area (TPSA) is 43.4 Å². The lowest BCUT2D eigenvalue weighted by atomic mass is 9.47. The molecule has 3 nitrogen and oxygen atoms in total. The van der Waals surface area contributed by atoms with Crippen molar-refractivity contribution in [2.75, 3.05) is 7.11 Å². The number of fused-ring (bicyclic) bond motifs is 5. The van der Waals surface area contributed by atoms with Gasteiger partial charge in [0.15, 0.2) is 0 Å². The highest BCUT2D eigenvalue weighted by molar-refractivity contribution is 5.90. The smallest absolute Gasteiger partial charge is 0.333 e. The number of esters is 1. The predicted molar refractivity (Wildman–Crippen MR) is 92.3 cm³/mol. The molecule has 0 aromatic heterocycles. The van der Waals surface area contributed by atoms with Gasteiger partial charge in [-0.1, -0.05) is 25.8 Å². The van der Waals surface area contributed by atoms with Crippen molar-refractivity contribution in [3.8, 4) is 0 Å². The van der Waals surface area contributed by atoms with E-state index in [1.807, 2.05) is 0 Å². The Hall–Kier alpha value is -1.12. The van der Waals surface area contributed by atoms with Gasteiger partial charge in [-0.3, -0.25) is 4.79 Å². The minimum Gasteiger partial charge on any atom is -0.466 e. The summed E-state index contributed by atoms with van der Waals surface area (Å²) in [5.74, 6) is 1.94. The summed E-state index contributed by atoms with van der Waals surface area (Å²) in [6.07, 6.45) is 9.52. The molecule has 0 radical (unpaired) electrons. The summed E-state index contributed by atoms with van der Waals surface area (Å²) >= 11 is 0. The van der Waals surface area contributed by atoms with Crippen molar-refractivity contribution < 1.29 is 14.3 Å². The Morgan fingerprint density at radius 2 is 1.79 bits per heavy atom. The highest BCUT2D eigenvalue weighted by Gasteiger charge is 2.59. The van der Waals surface area contributed by atoms with E-state index in [9.17, 15) is 9.59 Å². The fourth-order valence-corrected chi connectivity index (χ4v) is 6.96. The van der Waals surface area contributed by atoms with Gasteiger partial charge in [-0.2, -0.15) is 0 Å². The fraction of sp³-hybridized carbons (Fsp3) is 0.810. The molecule has 3 fully saturated rings. The van der Waals surface area contributed by atoms with E-state index in [0.717, 1.165) is 44.1 Å². The molecule has 0 aliphatic heterocycles. The van der Waals surface area contributed by atoms with Crippen LogP contribution < -0.4 is 0 Å². The molecule has 0 N–H and O–H groups in total. The zero-order chi connectivity index (χ0) is 17.1. The van der Waals surface area contributed by atoms with Gasteiger partial charge in [0.05, 0.1) is 7.11 Å². The number of rotatable bonds is 1. The van der Waals surface area contributed by atoms with Crippen LogP contribution in [0.25, 0.3) is 0 Å². The van der Waals surface area contributed by atoms with Crippen LogP contribution in [0, 0.1) is 28.6 Å². The number of hydrogen-bond acceptors (Lipinski definition) is 3. The first kappa shape index (κ1) is 16.4. The van der Waals surface area contributed by atoms with E-state index in [2.05, 4.69) is 13.8 Å². The molecule has 4 aliphatic rings. The van der Waals surface area contributed by atoms with E-state index in [1.165, 1.54) is 31.9 Å². The highest BCUT2D eigenvalue weighted by Crippen LogP contribution is 2.65. The van der Waals surface area contributed by atoms with Crippen molar-refractivity contribution in [1.29, 1.82) is 0 Å². The maximum atomic E-state index is 12.5. The maximum absolute atomic E-state index is 12.5. The average Bonchev–Trinajstić information content (AvgIpc) is 2.88. The van der Waals surface area contributed by atoms with Crippen LogP contribution in [0.3, 0.4) is 0 Å². The number of carbonyl (C=O) groups is 2. The number of allylic oxidation sites excluding steroid dienone is 1. The standard InChI is InChI=1S/C21H30O3/c1-20-10-5-4-6-15(20)14(19(23)24-3)12-13-16-7-8-18(22)21(16,2)11-9-17(13)20/h13,16-17H,4-12H2,1-3H3/t13-,16-,17-,20-,21-/m0/s1. The lowest BCUT2D eigenvalue weighted by Gasteiger charge is -2.57. The Kier molecular flexibility index (Phi) is 3.71. The monoisotopic (exact) mass is 330 g/mol. The summed E-state index contributed by atoms with van der Waals surface area (Å²) < 4.78 is 5.16. The number of ketones is 1. The summed E-state index contributed by atoms with van der Waals surface area (Å²) in [6, 6.07) is 0. The van der Waals surface area contributed by atoms with Crippen LogP contribution >= 0.6 is 0 Å². The van der Waals surface area contributed by atoms with Gasteiger partial charge in [-0.05, 0) is 68.1 Å². The second-order valence-corrected chi connectivity index (χ2v) is 9.07. The molecule has 4 rings (SSSR count). The van der Waals surface area contributed by atoms with Crippen molar-refractivity contribution in [3.63, 3.8) is 0 Å². The van der Waals surface area contributed by atoms with Crippen molar-refractivity contribution in [3.05, 3.63) is 11.1 Å². The molecule has 0 heterocycles. The molecule has 4 aliphatic carbocycles. The third-order valence-corrected chi connectivity index (χ3v) is 8.26. The lowest BCUT2D eigenvalue weighted by molar-refractivity contribution is -0.138. The number of carbonyl (C=O) groups excluding carboxylic acids is 2. The molecule has 5 atom stereocenters. The van der Waals surface area contributed by atoms with E-state index in [-0.39, 0.29) is 16.8 Å². The molecule has 3 heteroatoms. The van der Waals surface area contributed by atoms with Crippen LogP contribution in [-0.4, -0.2) is 18.9 Å². The van der Waals surface area contributed by atoms with E-state index in [1.54, 1.807) is 0 Å². The molecule has 0 spiro atoms. The van der Waals surface area contributed by atoms with Gasteiger partial charge in [0.2, 0.25) is 0 Å². The number of ether oxygens (including phenoxy) is 1. The molecular weight excluding hydrogens is 300 g/mol. The largest absolute Gasteiger partial charge is 0.466 e. The van der Waals surface area contributed by atoms with Crippen LogP contribution in [0.1, 0.15) is 71.6 Å². The fourth-order valence-electron chi connectivity index (χ4n) is 6.96. The number of hydrogen-bond donors (Lipinski definition) is 0. The molecular formula is C21H30O3. The lowest BCUT2D eigenvalue weighted by Crippen LogP contribution is -2.51. The van der Waals surface area contributed by atoms with Crippen LogP contribution in [0.2, 0.25) is 0 Å². The van der Waals surface area contributed by atoms with Crippen molar-refractivity contribution in [1.82, 2.24) is 0 Å². The summed E-state index contributed by atoms with van der Waals surface area (Å²) in [5.41, 5.74) is 2.38. The third-order valence-electron chi connectivity index (χ3n) is 8.26. The molecule has 132 valence electrons. The quantitative estimate of drug-likeness (QED) is 0.667. The molecule has 24 heavy (non-hydrogen) atoms. The molecule has 0 amide bonds. The third kappa shape index (κ3) is 2.02. The first-order valence-electron chi connectivity index (χ1n) is 9.76. The Balaban J connectivity index is 1.79. The Morgan fingerprint density at radius 3 is 2.54 bits per heavy atom. The van der Waals surface area contributed by atoms with Crippen molar-refractivity contribution >= 4 is 11.8 Å². The van der Waals surface area contributed by atoms with Crippen molar-refractivity contribution in [2.45, 2.75) is 71.6 Å². The van der Waals surface area contributed by atoms with E-state index in [0.29, 0.717) is 23.5 Å². The number of methoxy groups -OCH3 is 1. The summed E-state index contributed by atoms with van der Waals surface area (Å²) in [6.45, 7) is 4.60. The first-order valence-corrected chi connectivity index (χ1v) is 9.76. The molecule has 3 saturated carbocycles. The van der Waals surface area contributed by atoms with E-state index < -0.39 is 0 Å². The van der Waals surface area contributed by atoms with Crippen molar-refractivity contribution in [2.24, 2.45) is 28.6 Å². The average molecular weight is 330 g/mol. The SMILES string of the molecule is COC(=O)C1=C2CCCC[C@]2(C)[C@H]2CC[C@]3(C)C(=O)CC[C@H]3[C@@H]2C1. The van der Waals surface area contributed by atoms with Gasteiger partial charge in [0, 0.05) is 17.4 Å². The Labute approximate surface area is 145 Å². The minimum atomic E-state index is -0.134. The van der Waals surface area contributed by atoms with Crippen LogP contribution in [0.5, 0.6) is 0 Å². The zero-order valence-electron chi connectivity index (χ0n) is 15.3. The van der Waals surface area contributed by atoms with E-state index in [4.69, 9.17) is 4.74 Å². The van der Waals surface area contributed by atoms with Crippen LogP contribution in [-0.2, 0) is 14.3 Å². The Morgan fingerprint density at radius 1 is 1.04 bits per heavy atom. The van der Waals surface area contributed by atoms with Gasteiger partial charge in [-0.25, -0.2) is 4.79 Å². The molecule has 0 unspecified atom stereocenters. The summed E-state index contributed by atoms with van der Waals surface area (Å²) in [4.78, 5) is 25.1. The molecule has 0 aromatic rings. The summed E-state index contributed by atoms with van der Waals surface area (Å²) in [7, 11) is 1.51. The highest BCUT2D eigenvalue weighted by atomic mass is 16.5. The van der Waals surface area contributed by atoms with Gasteiger partial charge >= 0.3 is 5.97 Å². The zero-order valence-corrected chi connectivity index (χ0v) is 15.3.